The lowest BCUT2D eigenvalue weighted by Crippen LogP contribution is -2.53. The maximum atomic E-state index is 11.8. The number of amides is 1. The number of hydrogen-bond donors (Lipinski definition) is 1. The van der Waals surface area contributed by atoms with E-state index in [4.69, 9.17) is 5.11 Å². The van der Waals surface area contributed by atoms with Gasteiger partial charge >= 0.3 is 5.97 Å². The normalized spacial score (nSPS) is 15.9. The summed E-state index contributed by atoms with van der Waals surface area (Å²) in [6.07, 6.45) is 3.96. The molecule has 0 bridgehead atoms. The van der Waals surface area contributed by atoms with E-state index in [1.165, 1.54) is 11.3 Å². The molecular formula is C11H11N3O3S. The van der Waals surface area contributed by atoms with Crippen LogP contribution in [0.2, 0.25) is 0 Å². The number of imidazole rings is 1. The number of aromatic nitrogens is 2. The van der Waals surface area contributed by atoms with Crippen molar-refractivity contribution in [3.63, 3.8) is 0 Å². The first-order chi connectivity index (χ1) is 8.63. The Kier molecular flexibility index (Phi) is 2.55. The molecule has 18 heavy (non-hydrogen) atoms. The predicted molar refractivity (Wildman–Crippen MR) is 64.5 cm³/mol. The molecule has 1 fully saturated rings. The SMILES string of the molecule is O=C(O)C1CN(C(=O)Cc2cn3ccsc3n2)C1. The smallest absolute Gasteiger partial charge is 0.310 e. The van der Waals surface area contributed by atoms with Gasteiger partial charge in [0.1, 0.15) is 0 Å². The van der Waals surface area contributed by atoms with E-state index in [2.05, 4.69) is 4.98 Å². The Balaban J connectivity index is 1.62. The lowest BCUT2D eigenvalue weighted by Gasteiger charge is -2.36. The second-order valence-corrected chi connectivity index (χ2v) is 5.21. The van der Waals surface area contributed by atoms with Crippen LogP contribution in [0.25, 0.3) is 4.96 Å². The van der Waals surface area contributed by atoms with Crippen LogP contribution in [0, 0.1) is 5.92 Å². The van der Waals surface area contributed by atoms with Crippen LogP contribution in [0.15, 0.2) is 17.8 Å². The Bertz CT molecular complexity index is 583. The van der Waals surface area contributed by atoms with Gasteiger partial charge in [-0.05, 0) is 0 Å². The van der Waals surface area contributed by atoms with E-state index >= 15 is 0 Å². The van der Waals surface area contributed by atoms with Gasteiger partial charge < -0.3 is 10.0 Å². The number of thiazole rings is 1. The van der Waals surface area contributed by atoms with Crippen LogP contribution in [0.3, 0.4) is 0 Å². The van der Waals surface area contributed by atoms with E-state index in [9.17, 15) is 9.59 Å². The zero-order valence-electron chi connectivity index (χ0n) is 9.44. The number of carboxylic acids is 1. The number of rotatable bonds is 3. The number of hydrogen-bond acceptors (Lipinski definition) is 4. The number of fused-ring (bicyclic) bond motifs is 1. The highest BCUT2D eigenvalue weighted by Crippen LogP contribution is 2.18. The number of likely N-dealkylation sites (tertiary alicyclic amines) is 1. The molecule has 1 saturated heterocycles. The molecule has 1 aliphatic rings. The van der Waals surface area contributed by atoms with Gasteiger partial charge in [0, 0.05) is 30.9 Å². The van der Waals surface area contributed by atoms with Crippen LogP contribution in [0.4, 0.5) is 0 Å². The summed E-state index contributed by atoms with van der Waals surface area (Å²) < 4.78 is 1.88. The molecule has 94 valence electrons. The zero-order valence-corrected chi connectivity index (χ0v) is 10.3. The molecule has 2 aromatic heterocycles. The molecular weight excluding hydrogens is 254 g/mol. The average Bonchev–Trinajstić information content (AvgIpc) is 2.73. The first-order valence-corrected chi connectivity index (χ1v) is 6.43. The van der Waals surface area contributed by atoms with E-state index in [-0.39, 0.29) is 12.3 Å². The number of carbonyl (C=O) groups is 2. The maximum Gasteiger partial charge on any atom is 0.310 e. The number of nitrogens with zero attached hydrogens (tertiary/aromatic N) is 3. The highest BCUT2D eigenvalue weighted by molar-refractivity contribution is 7.15. The second kappa shape index (κ2) is 4.09. The van der Waals surface area contributed by atoms with Crippen molar-refractivity contribution in [1.29, 1.82) is 0 Å². The number of carboxylic acid groups (broad SMARTS) is 1. The highest BCUT2D eigenvalue weighted by atomic mass is 32.1. The molecule has 7 heteroatoms. The molecule has 6 nitrogen and oxygen atoms in total. The lowest BCUT2D eigenvalue weighted by atomic mass is 10.00. The Hall–Kier alpha value is -1.89. The van der Waals surface area contributed by atoms with E-state index in [0.29, 0.717) is 13.1 Å². The average molecular weight is 265 g/mol. The van der Waals surface area contributed by atoms with E-state index in [1.54, 1.807) is 4.90 Å². The molecule has 3 heterocycles. The van der Waals surface area contributed by atoms with Gasteiger partial charge in [-0.2, -0.15) is 0 Å². The summed E-state index contributed by atoms with van der Waals surface area (Å²) in [6, 6.07) is 0. The Morgan fingerprint density at radius 3 is 2.94 bits per heavy atom. The van der Waals surface area contributed by atoms with Crippen LogP contribution < -0.4 is 0 Å². The Morgan fingerprint density at radius 2 is 2.28 bits per heavy atom. The molecule has 0 saturated carbocycles. The van der Waals surface area contributed by atoms with Crippen molar-refractivity contribution in [3.05, 3.63) is 23.5 Å². The lowest BCUT2D eigenvalue weighted by molar-refractivity contribution is -0.152. The third kappa shape index (κ3) is 1.86. The fourth-order valence-corrected chi connectivity index (χ4v) is 2.69. The van der Waals surface area contributed by atoms with Gasteiger partial charge in [0.2, 0.25) is 5.91 Å². The van der Waals surface area contributed by atoms with Crippen LogP contribution in [-0.4, -0.2) is 44.4 Å². The van der Waals surface area contributed by atoms with Crippen LogP contribution in [-0.2, 0) is 16.0 Å². The van der Waals surface area contributed by atoms with Gasteiger partial charge in [0.25, 0.3) is 0 Å². The van der Waals surface area contributed by atoms with Crippen molar-refractivity contribution in [2.24, 2.45) is 5.92 Å². The molecule has 0 radical (unpaired) electrons. The van der Waals surface area contributed by atoms with Crippen molar-refractivity contribution in [1.82, 2.24) is 14.3 Å². The fourth-order valence-electron chi connectivity index (χ4n) is 1.97. The third-order valence-electron chi connectivity index (χ3n) is 3.06. The molecule has 0 aliphatic carbocycles. The van der Waals surface area contributed by atoms with Crippen molar-refractivity contribution >= 4 is 28.2 Å². The Morgan fingerprint density at radius 1 is 1.50 bits per heavy atom. The van der Waals surface area contributed by atoms with Crippen LogP contribution >= 0.6 is 11.3 Å². The topological polar surface area (TPSA) is 74.9 Å². The van der Waals surface area contributed by atoms with Gasteiger partial charge in [-0.3, -0.25) is 14.0 Å². The van der Waals surface area contributed by atoms with Gasteiger partial charge in [0.15, 0.2) is 4.96 Å². The van der Waals surface area contributed by atoms with E-state index in [1.807, 2.05) is 22.2 Å². The zero-order chi connectivity index (χ0) is 12.7. The first-order valence-electron chi connectivity index (χ1n) is 5.55. The minimum absolute atomic E-state index is 0.0572. The Labute approximate surface area is 106 Å². The largest absolute Gasteiger partial charge is 0.481 e. The third-order valence-corrected chi connectivity index (χ3v) is 3.83. The molecule has 0 aromatic carbocycles. The summed E-state index contributed by atoms with van der Waals surface area (Å²) in [5.74, 6) is -1.29. The van der Waals surface area contributed by atoms with Gasteiger partial charge in [-0.25, -0.2) is 4.98 Å². The van der Waals surface area contributed by atoms with Crippen molar-refractivity contribution < 1.29 is 14.7 Å². The van der Waals surface area contributed by atoms with Gasteiger partial charge in [0.05, 0.1) is 18.0 Å². The highest BCUT2D eigenvalue weighted by Gasteiger charge is 2.35. The molecule has 1 N–H and O–H groups in total. The molecule has 0 unspecified atom stereocenters. The van der Waals surface area contributed by atoms with Crippen LogP contribution in [0.5, 0.6) is 0 Å². The van der Waals surface area contributed by atoms with E-state index < -0.39 is 11.9 Å². The summed E-state index contributed by atoms with van der Waals surface area (Å²) >= 11 is 1.52. The quantitative estimate of drug-likeness (QED) is 0.876. The number of carbonyl (C=O) groups excluding carboxylic acids is 1. The number of aliphatic carboxylic acids is 1. The second-order valence-electron chi connectivity index (χ2n) is 4.34. The fraction of sp³-hybridized carbons (Fsp3) is 0.364. The molecule has 0 spiro atoms. The standard InChI is InChI=1S/C11H11N3O3S/c15-9(14-4-7(5-14)10(16)17)3-8-6-13-1-2-18-11(13)12-8/h1-2,6-7H,3-5H2,(H,16,17). The van der Waals surface area contributed by atoms with Gasteiger partial charge in [-0.1, -0.05) is 0 Å². The molecule has 1 aliphatic heterocycles. The predicted octanol–water partition coefficient (Wildman–Crippen LogP) is 0.481. The molecule has 0 atom stereocenters. The summed E-state index contributed by atoms with van der Waals surface area (Å²) in [4.78, 5) is 29.2. The minimum atomic E-state index is -0.832. The summed E-state index contributed by atoms with van der Waals surface area (Å²) in [7, 11) is 0. The van der Waals surface area contributed by atoms with E-state index in [0.717, 1.165) is 10.7 Å². The molecule has 2 aromatic rings. The van der Waals surface area contributed by atoms with Gasteiger partial charge in [-0.15, -0.1) is 11.3 Å². The van der Waals surface area contributed by atoms with Crippen molar-refractivity contribution in [2.75, 3.05) is 13.1 Å². The summed E-state index contributed by atoms with van der Waals surface area (Å²) in [6.45, 7) is 0.632. The minimum Gasteiger partial charge on any atom is -0.481 e. The van der Waals surface area contributed by atoms with Crippen molar-refractivity contribution in [2.45, 2.75) is 6.42 Å². The summed E-state index contributed by atoms with van der Waals surface area (Å²) in [5, 5.41) is 10.7. The van der Waals surface area contributed by atoms with Crippen molar-refractivity contribution in [3.8, 4) is 0 Å². The summed E-state index contributed by atoms with van der Waals surface area (Å²) in [5.41, 5.74) is 0.727. The molecule has 3 rings (SSSR count). The first kappa shape index (κ1) is 11.2. The monoisotopic (exact) mass is 265 g/mol. The van der Waals surface area contributed by atoms with Crippen LogP contribution in [0.1, 0.15) is 5.69 Å². The maximum absolute atomic E-state index is 11.8. The molecule has 1 amide bonds.